The lowest BCUT2D eigenvalue weighted by atomic mass is 10.0. The smallest absolute Gasteiger partial charge is 0.328 e. The van der Waals surface area contributed by atoms with Crippen LogP contribution in [0.1, 0.15) is 35.5 Å². The molecule has 1 amide bonds. The monoisotopic (exact) mass is 467 g/mol. The number of amides is 1. The lowest BCUT2D eigenvalue weighted by molar-refractivity contribution is -0.144. The van der Waals surface area contributed by atoms with Crippen LogP contribution in [0.3, 0.4) is 0 Å². The van der Waals surface area contributed by atoms with E-state index in [1.165, 1.54) is 25.0 Å². The van der Waals surface area contributed by atoms with E-state index in [0.717, 1.165) is 11.1 Å². The number of methoxy groups -OCH3 is 3. The van der Waals surface area contributed by atoms with Gasteiger partial charge in [0.1, 0.15) is 17.5 Å². The lowest BCUT2D eigenvalue weighted by Crippen LogP contribution is -2.45. The third-order valence-electron chi connectivity index (χ3n) is 5.92. The van der Waals surface area contributed by atoms with E-state index in [2.05, 4.69) is 10.4 Å². The summed E-state index contributed by atoms with van der Waals surface area (Å²) in [5.74, 6) is -0.721. The van der Waals surface area contributed by atoms with Crippen LogP contribution in [0, 0.1) is 11.7 Å². The maximum Gasteiger partial charge on any atom is 0.328 e. The summed E-state index contributed by atoms with van der Waals surface area (Å²) >= 11 is 0. The number of hydrogen-bond donors (Lipinski definition) is 1. The zero-order valence-electron chi connectivity index (χ0n) is 19.6. The minimum absolute atomic E-state index is 0.113. The minimum Gasteiger partial charge on any atom is -0.493 e. The first kappa shape index (κ1) is 23.3. The van der Waals surface area contributed by atoms with Gasteiger partial charge in [-0.1, -0.05) is 26.0 Å². The molecular weight excluding hydrogens is 441 g/mol. The normalized spacial score (nSPS) is 12.7. The van der Waals surface area contributed by atoms with E-state index in [0.29, 0.717) is 29.2 Å². The van der Waals surface area contributed by atoms with Crippen molar-refractivity contribution >= 4 is 11.9 Å². The van der Waals surface area contributed by atoms with Gasteiger partial charge in [-0.2, -0.15) is 5.10 Å². The van der Waals surface area contributed by atoms with Crippen LogP contribution < -0.4 is 14.8 Å². The van der Waals surface area contributed by atoms with E-state index >= 15 is 0 Å². The van der Waals surface area contributed by atoms with E-state index in [4.69, 9.17) is 14.2 Å². The number of fused-ring (bicyclic) bond motifs is 3. The van der Waals surface area contributed by atoms with E-state index in [1.54, 1.807) is 45.2 Å². The quantitative estimate of drug-likeness (QED) is 0.418. The molecule has 1 atom stereocenters. The molecule has 1 aliphatic rings. The Bertz CT molecular complexity index is 1270. The topological polar surface area (TPSA) is 91.7 Å². The Hall–Kier alpha value is -3.88. The molecule has 0 fully saturated rings. The van der Waals surface area contributed by atoms with Gasteiger partial charge in [0.05, 0.1) is 27.0 Å². The number of aromatic nitrogens is 2. The third kappa shape index (κ3) is 3.87. The highest BCUT2D eigenvalue weighted by atomic mass is 19.1. The zero-order valence-corrected chi connectivity index (χ0v) is 19.6. The summed E-state index contributed by atoms with van der Waals surface area (Å²) in [6, 6.07) is 8.99. The summed E-state index contributed by atoms with van der Waals surface area (Å²) in [4.78, 5) is 25.5. The highest BCUT2D eigenvalue weighted by Gasteiger charge is 2.35. The minimum atomic E-state index is -0.851. The summed E-state index contributed by atoms with van der Waals surface area (Å²) in [6.07, 6.45) is 0.382. The number of benzene rings is 2. The molecule has 4 rings (SSSR count). The number of rotatable bonds is 7. The van der Waals surface area contributed by atoms with Crippen molar-refractivity contribution in [3.63, 3.8) is 0 Å². The Labute approximate surface area is 196 Å². The first-order chi connectivity index (χ1) is 16.3. The molecule has 8 nitrogen and oxygen atoms in total. The highest BCUT2D eigenvalue weighted by molar-refractivity contribution is 5.99. The number of para-hydroxylation sites is 1. The van der Waals surface area contributed by atoms with Crippen molar-refractivity contribution < 1.29 is 28.2 Å². The van der Waals surface area contributed by atoms with Gasteiger partial charge < -0.3 is 19.5 Å². The van der Waals surface area contributed by atoms with Crippen LogP contribution >= 0.6 is 0 Å². The van der Waals surface area contributed by atoms with Crippen molar-refractivity contribution in [2.24, 2.45) is 5.92 Å². The molecule has 178 valence electrons. The first-order valence-corrected chi connectivity index (χ1v) is 10.8. The predicted molar refractivity (Wildman–Crippen MR) is 123 cm³/mol. The van der Waals surface area contributed by atoms with Gasteiger partial charge in [0.25, 0.3) is 5.91 Å². The third-order valence-corrected chi connectivity index (χ3v) is 5.92. The zero-order chi connectivity index (χ0) is 24.6. The van der Waals surface area contributed by atoms with Gasteiger partial charge in [-0.15, -0.1) is 0 Å². The van der Waals surface area contributed by atoms with Crippen molar-refractivity contribution in [3.05, 3.63) is 59.0 Å². The molecule has 34 heavy (non-hydrogen) atoms. The molecule has 0 aliphatic heterocycles. The SMILES string of the molecule is COC(=O)C(NC(=O)c1nn(-c2ccccc2F)c2c1Cc1cc(OC)c(OC)cc1-2)C(C)C. The van der Waals surface area contributed by atoms with Crippen LogP contribution in [0.4, 0.5) is 4.39 Å². The van der Waals surface area contributed by atoms with Gasteiger partial charge in [0, 0.05) is 17.5 Å². The first-order valence-electron chi connectivity index (χ1n) is 10.8. The number of hydrogen-bond acceptors (Lipinski definition) is 6. The summed E-state index contributed by atoms with van der Waals surface area (Å²) in [5, 5.41) is 7.23. The van der Waals surface area contributed by atoms with Gasteiger partial charge in [0.15, 0.2) is 17.2 Å². The fraction of sp³-hybridized carbons (Fsp3) is 0.320. The lowest BCUT2D eigenvalue weighted by Gasteiger charge is -2.19. The molecule has 1 aromatic heterocycles. The van der Waals surface area contributed by atoms with E-state index in [-0.39, 0.29) is 17.3 Å². The molecule has 9 heteroatoms. The maximum atomic E-state index is 14.8. The van der Waals surface area contributed by atoms with Gasteiger partial charge in [-0.3, -0.25) is 4.79 Å². The second-order valence-electron chi connectivity index (χ2n) is 8.30. The van der Waals surface area contributed by atoms with Crippen LogP contribution in [0.2, 0.25) is 0 Å². The molecule has 1 N–H and O–H groups in total. The molecule has 0 radical (unpaired) electrons. The number of nitrogens with one attached hydrogen (secondary N) is 1. The number of ether oxygens (including phenoxy) is 3. The van der Waals surface area contributed by atoms with E-state index in [9.17, 15) is 14.0 Å². The summed E-state index contributed by atoms with van der Waals surface area (Å²) < 4.78 is 31.9. The fourth-order valence-corrected chi connectivity index (χ4v) is 4.19. The number of halogens is 1. The molecule has 1 unspecified atom stereocenters. The molecule has 0 spiro atoms. The maximum absolute atomic E-state index is 14.8. The second-order valence-corrected chi connectivity index (χ2v) is 8.30. The molecule has 0 saturated heterocycles. The van der Waals surface area contributed by atoms with Crippen molar-refractivity contribution in [2.75, 3.05) is 21.3 Å². The Kier molecular flexibility index (Phi) is 6.28. The Morgan fingerprint density at radius 2 is 1.76 bits per heavy atom. The standard InChI is InChI=1S/C25H26FN3O5/c1-13(2)21(25(31)34-5)27-24(30)22-16-10-14-11-19(32-3)20(33-4)12-15(14)23(16)29(28-22)18-9-7-6-8-17(18)26/h6-9,11-13,21H,10H2,1-5H3,(H,27,30). The van der Waals surface area contributed by atoms with Crippen molar-refractivity contribution in [1.82, 2.24) is 15.1 Å². The number of carbonyl (C=O) groups excluding carboxylic acids is 2. The molecule has 1 heterocycles. The van der Waals surface area contributed by atoms with Crippen LogP contribution in [-0.4, -0.2) is 49.0 Å². The Morgan fingerprint density at radius 3 is 2.38 bits per heavy atom. The highest BCUT2D eigenvalue weighted by Crippen LogP contribution is 2.45. The Morgan fingerprint density at radius 1 is 1.09 bits per heavy atom. The van der Waals surface area contributed by atoms with Crippen molar-refractivity contribution in [2.45, 2.75) is 26.3 Å². The number of carbonyl (C=O) groups is 2. The molecule has 0 bridgehead atoms. The van der Waals surface area contributed by atoms with Gasteiger partial charge >= 0.3 is 5.97 Å². The molecule has 3 aromatic rings. The average Bonchev–Trinajstić information content (AvgIpc) is 3.38. The summed E-state index contributed by atoms with van der Waals surface area (Å²) in [5.41, 5.74) is 3.17. The number of esters is 1. The largest absolute Gasteiger partial charge is 0.493 e. The van der Waals surface area contributed by atoms with Crippen molar-refractivity contribution in [3.8, 4) is 28.4 Å². The fourth-order valence-electron chi connectivity index (χ4n) is 4.19. The Balaban J connectivity index is 1.88. The summed E-state index contributed by atoms with van der Waals surface area (Å²) in [7, 11) is 4.35. The van der Waals surface area contributed by atoms with Crippen LogP contribution in [-0.2, 0) is 16.0 Å². The predicted octanol–water partition coefficient (Wildman–Crippen LogP) is 3.53. The van der Waals surface area contributed by atoms with E-state index < -0.39 is 23.7 Å². The second kappa shape index (κ2) is 9.17. The van der Waals surface area contributed by atoms with Crippen LogP contribution in [0.25, 0.3) is 16.9 Å². The van der Waals surface area contributed by atoms with Crippen LogP contribution in [0.5, 0.6) is 11.5 Å². The number of nitrogens with zero attached hydrogens (tertiary/aromatic N) is 2. The van der Waals surface area contributed by atoms with E-state index in [1.807, 2.05) is 6.07 Å². The molecular formula is C25H26FN3O5. The van der Waals surface area contributed by atoms with Crippen LogP contribution in [0.15, 0.2) is 36.4 Å². The van der Waals surface area contributed by atoms with Gasteiger partial charge in [0.2, 0.25) is 0 Å². The molecule has 0 saturated carbocycles. The average molecular weight is 467 g/mol. The molecule has 2 aromatic carbocycles. The summed E-state index contributed by atoms with van der Waals surface area (Å²) in [6.45, 7) is 3.61. The molecule has 1 aliphatic carbocycles. The van der Waals surface area contributed by atoms with Gasteiger partial charge in [-0.25, -0.2) is 13.9 Å². The van der Waals surface area contributed by atoms with Crippen molar-refractivity contribution in [1.29, 1.82) is 0 Å². The van der Waals surface area contributed by atoms with Gasteiger partial charge in [-0.05, 0) is 35.7 Å².